The maximum absolute atomic E-state index is 13.2. The SMILES string of the molecule is COc1cccc(C2=NOC3C(=O)N(c4ccc(C)c(C)c4)C(=O)C23)c1OC. The van der Waals surface area contributed by atoms with Gasteiger partial charge in [0.25, 0.3) is 5.91 Å². The van der Waals surface area contributed by atoms with Gasteiger partial charge >= 0.3 is 0 Å². The number of carbonyl (C=O) groups is 2. The summed E-state index contributed by atoms with van der Waals surface area (Å²) >= 11 is 0. The number of hydrogen-bond donors (Lipinski definition) is 0. The molecule has 0 radical (unpaired) electrons. The molecule has 0 N–H and O–H groups in total. The fraction of sp³-hybridized carbons (Fsp3) is 0.286. The Morgan fingerprint density at radius 1 is 1.00 bits per heavy atom. The van der Waals surface area contributed by atoms with Crippen LogP contribution in [0.3, 0.4) is 0 Å². The van der Waals surface area contributed by atoms with Gasteiger partial charge in [-0.05, 0) is 49.2 Å². The average Bonchev–Trinajstić information content (AvgIpc) is 3.23. The molecule has 0 aliphatic carbocycles. The molecule has 144 valence electrons. The lowest BCUT2D eigenvalue weighted by Crippen LogP contribution is -2.33. The lowest BCUT2D eigenvalue weighted by molar-refractivity contribution is -0.126. The number of nitrogens with zero attached hydrogens (tertiary/aromatic N) is 2. The topological polar surface area (TPSA) is 77.4 Å². The number of benzene rings is 2. The number of oxime groups is 1. The predicted molar refractivity (Wildman–Crippen MR) is 103 cm³/mol. The normalized spacial score (nSPS) is 20.7. The van der Waals surface area contributed by atoms with Crippen LogP contribution in [0.2, 0.25) is 0 Å². The number of methoxy groups -OCH3 is 2. The first kappa shape index (κ1) is 18.0. The molecule has 2 unspecified atom stereocenters. The Hall–Kier alpha value is -3.35. The molecule has 2 atom stereocenters. The van der Waals surface area contributed by atoms with Crippen molar-refractivity contribution in [1.29, 1.82) is 0 Å². The molecule has 4 rings (SSSR count). The minimum Gasteiger partial charge on any atom is -0.493 e. The van der Waals surface area contributed by atoms with Crippen LogP contribution in [-0.4, -0.2) is 37.8 Å². The Bertz CT molecular complexity index is 1010. The zero-order chi connectivity index (χ0) is 20.0. The first-order valence-electron chi connectivity index (χ1n) is 8.88. The van der Waals surface area contributed by atoms with E-state index in [-0.39, 0.29) is 5.91 Å². The number of anilines is 1. The number of ether oxygens (including phenoxy) is 2. The highest BCUT2D eigenvalue weighted by Crippen LogP contribution is 2.39. The Morgan fingerprint density at radius 2 is 1.79 bits per heavy atom. The summed E-state index contributed by atoms with van der Waals surface area (Å²) < 4.78 is 10.8. The van der Waals surface area contributed by atoms with Crippen molar-refractivity contribution >= 4 is 23.2 Å². The van der Waals surface area contributed by atoms with Gasteiger partial charge in [0.1, 0.15) is 11.6 Å². The first-order valence-corrected chi connectivity index (χ1v) is 8.88. The quantitative estimate of drug-likeness (QED) is 0.762. The second kappa shape index (κ2) is 6.67. The fourth-order valence-electron chi connectivity index (χ4n) is 3.61. The van der Waals surface area contributed by atoms with E-state index in [4.69, 9.17) is 14.3 Å². The molecule has 7 nitrogen and oxygen atoms in total. The predicted octanol–water partition coefficient (Wildman–Crippen LogP) is 2.61. The second-order valence-electron chi connectivity index (χ2n) is 6.80. The molecular formula is C21H20N2O5. The summed E-state index contributed by atoms with van der Waals surface area (Å²) in [6, 6.07) is 10.8. The molecule has 28 heavy (non-hydrogen) atoms. The van der Waals surface area contributed by atoms with E-state index < -0.39 is 17.9 Å². The van der Waals surface area contributed by atoms with Crippen molar-refractivity contribution < 1.29 is 23.9 Å². The van der Waals surface area contributed by atoms with Crippen molar-refractivity contribution in [3.8, 4) is 11.5 Å². The Kier molecular flexibility index (Phi) is 4.30. The van der Waals surface area contributed by atoms with Crippen molar-refractivity contribution in [2.45, 2.75) is 20.0 Å². The van der Waals surface area contributed by atoms with Crippen LogP contribution in [0.1, 0.15) is 16.7 Å². The van der Waals surface area contributed by atoms with Crippen LogP contribution < -0.4 is 14.4 Å². The van der Waals surface area contributed by atoms with Gasteiger partial charge in [-0.25, -0.2) is 4.90 Å². The van der Waals surface area contributed by atoms with Gasteiger partial charge in [0.15, 0.2) is 11.5 Å². The van der Waals surface area contributed by atoms with Crippen LogP contribution in [-0.2, 0) is 14.4 Å². The molecule has 0 bridgehead atoms. The van der Waals surface area contributed by atoms with Crippen LogP contribution in [0, 0.1) is 19.8 Å². The summed E-state index contributed by atoms with van der Waals surface area (Å²) in [5, 5.41) is 4.05. The van der Waals surface area contributed by atoms with E-state index in [1.807, 2.05) is 26.0 Å². The van der Waals surface area contributed by atoms with Gasteiger partial charge in [-0.3, -0.25) is 9.59 Å². The largest absolute Gasteiger partial charge is 0.493 e. The van der Waals surface area contributed by atoms with Gasteiger partial charge in [0, 0.05) is 5.56 Å². The zero-order valence-electron chi connectivity index (χ0n) is 16.1. The number of fused-ring (bicyclic) bond motifs is 1. The van der Waals surface area contributed by atoms with Crippen molar-refractivity contribution in [1.82, 2.24) is 0 Å². The number of hydrogen-bond acceptors (Lipinski definition) is 6. The molecule has 1 fully saturated rings. The van der Waals surface area contributed by atoms with Crippen LogP contribution >= 0.6 is 0 Å². The van der Waals surface area contributed by atoms with Crippen LogP contribution in [0.5, 0.6) is 11.5 Å². The molecular weight excluding hydrogens is 360 g/mol. The van der Waals surface area contributed by atoms with Crippen LogP contribution in [0.25, 0.3) is 0 Å². The first-order chi connectivity index (χ1) is 13.5. The second-order valence-corrected chi connectivity index (χ2v) is 6.80. The van der Waals surface area contributed by atoms with Gasteiger partial charge in [-0.2, -0.15) is 0 Å². The van der Waals surface area contributed by atoms with Gasteiger partial charge < -0.3 is 14.3 Å². The maximum atomic E-state index is 13.2. The summed E-state index contributed by atoms with van der Waals surface area (Å²) in [5.74, 6) is -0.653. The third-order valence-electron chi connectivity index (χ3n) is 5.24. The molecule has 2 aliphatic heterocycles. The van der Waals surface area contributed by atoms with E-state index >= 15 is 0 Å². The van der Waals surface area contributed by atoms with E-state index in [2.05, 4.69) is 5.16 Å². The third kappa shape index (κ3) is 2.54. The highest BCUT2D eigenvalue weighted by molar-refractivity contribution is 6.32. The smallest absolute Gasteiger partial charge is 0.278 e. The molecule has 7 heteroatoms. The van der Waals surface area contributed by atoms with E-state index in [0.717, 1.165) is 11.1 Å². The zero-order valence-corrected chi connectivity index (χ0v) is 16.1. The maximum Gasteiger partial charge on any atom is 0.278 e. The fourth-order valence-corrected chi connectivity index (χ4v) is 3.61. The highest BCUT2D eigenvalue weighted by atomic mass is 16.7. The van der Waals surface area contributed by atoms with Crippen molar-refractivity contribution in [3.63, 3.8) is 0 Å². The van der Waals surface area contributed by atoms with Gasteiger partial charge in [-0.1, -0.05) is 17.3 Å². The third-order valence-corrected chi connectivity index (χ3v) is 5.24. The van der Waals surface area contributed by atoms with E-state index in [1.165, 1.54) is 19.1 Å². The number of para-hydroxylation sites is 1. The molecule has 2 aromatic carbocycles. The molecule has 2 amide bonds. The average molecular weight is 380 g/mol. The van der Waals surface area contributed by atoms with Crippen molar-refractivity contribution in [3.05, 3.63) is 53.1 Å². The van der Waals surface area contributed by atoms with Crippen molar-refractivity contribution in [2.75, 3.05) is 19.1 Å². The molecule has 0 spiro atoms. The molecule has 2 aromatic rings. The van der Waals surface area contributed by atoms with Crippen LogP contribution in [0.15, 0.2) is 41.6 Å². The van der Waals surface area contributed by atoms with Gasteiger partial charge in [0.2, 0.25) is 12.0 Å². The molecule has 1 saturated heterocycles. The Labute approximate surface area is 162 Å². The van der Waals surface area contributed by atoms with Gasteiger partial charge in [0.05, 0.1) is 19.9 Å². The van der Waals surface area contributed by atoms with E-state index in [0.29, 0.717) is 28.5 Å². The minimum absolute atomic E-state index is 0.362. The summed E-state index contributed by atoms with van der Waals surface area (Å²) in [6.45, 7) is 3.92. The molecule has 2 heterocycles. The minimum atomic E-state index is -0.972. The highest BCUT2D eigenvalue weighted by Gasteiger charge is 2.56. The standard InChI is InChI=1S/C21H20N2O5/c1-11-8-9-13(10-12(11)2)23-20(24)16-17(22-28-19(16)21(23)25)14-6-5-7-15(26-3)18(14)27-4/h5-10,16,19H,1-4H3. The number of amides is 2. The molecule has 0 saturated carbocycles. The Balaban J connectivity index is 1.74. The number of aryl methyl sites for hydroxylation is 2. The summed E-state index contributed by atoms with van der Waals surface area (Å²) in [5.41, 5.74) is 3.55. The molecule has 2 aliphatic rings. The lowest BCUT2D eigenvalue weighted by atomic mass is 9.93. The summed E-state index contributed by atoms with van der Waals surface area (Å²) in [7, 11) is 3.04. The number of imide groups is 1. The van der Waals surface area contributed by atoms with Crippen molar-refractivity contribution in [2.24, 2.45) is 11.1 Å². The Morgan fingerprint density at radius 3 is 2.46 bits per heavy atom. The monoisotopic (exact) mass is 380 g/mol. The number of rotatable bonds is 4. The van der Waals surface area contributed by atoms with E-state index in [1.54, 1.807) is 24.3 Å². The van der Waals surface area contributed by atoms with E-state index in [9.17, 15) is 9.59 Å². The molecule has 0 aromatic heterocycles. The number of carbonyl (C=O) groups excluding carboxylic acids is 2. The van der Waals surface area contributed by atoms with Gasteiger partial charge in [-0.15, -0.1) is 0 Å². The summed E-state index contributed by atoms with van der Waals surface area (Å²) in [4.78, 5) is 32.7. The lowest BCUT2D eigenvalue weighted by Gasteiger charge is -2.17. The summed E-state index contributed by atoms with van der Waals surface area (Å²) in [6.07, 6.45) is -0.972. The van der Waals surface area contributed by atoms with Crippen LogP contribution in [0.4, 0.5) is 5.69 Å².